The predicted molar refractivity (Wildman–Crippen MR) is 252 cm³/mol. The number of para-hydroxylation sites is 4. The molecule has 0 aliphatic carbocycles. The third kappa shape index (κ3) is 4.80. The molecule has 0 saturated heterocycles. The molecule has 290 valence electrons. The number of fused-ring (bicyclic) bond motifs is 10. The van der Waals surface area contributed by atoms with Crippen molar-refractivity contribution in [1.82, 2.24) is 13.7 Å². The minimum Gasteiger partial charge on any atom is -0.309 e. The Bertz CT molecular complexity index is 3590. The van der Waals surface area contributed by atoms with Gasteiger partial charge in [0.2, 0.25) is 0 Å². The van der Waals surface area contributed by atoms with Crippen molar-refractivity contribution in [2.45, 2.75) is 0 Å². The van der Waals surface area contributed by atoms with E-state index >= 15 is 0 Å². The van der Waals surface area contributed by atoms with Gasteiger partial charge in [0.1, 0.15) is 0 Å². The van der Waals surface area contributed by atoms with E-state index in [9.17, 15) is 9.59 Å². The molecule has 0 N–H and O–H groups in total. The molecule has 1 aliphatic heterocycles. The van der Waals surface area contributed by atoms with E-state index in [0.717, 1.165) is 66.4 Å². The maximum Gasteiger partial charge on any atom is 0.268 e. The summed E-state index contributed by atoms with van der Waals surface area (Å²) in [5.74, 6) is -0.676. The highest BCUT2D eigenvalue weighted by Gasteiger charge is 2.39. The van der Waals surface area contributed by atoms with Crippen LogP contribution >= 0.6 is 0 Å². The zero-order valence-corrected chi connectivity index (χ0v) is 33.2. The first-order valence-electron chi connectivity index (χ1n) is 20.9. The Morgan fingerprint density at radius 3 is 1.27 bits per heavy atom. The minimum absolute atomic E-state index is 0.333. The van der Waals surface area contributed by atoms with E-state index in [4.69, 9.17) is 0 Å². The van der Waals surface area contributed by atoms with Gasteiger partial charge >= 0.3 is 0 Å². The molecule has 12 aromatic rings. The summed E-state index contributed by atoms with van der Waals surface area (Å²) in [6.07, 6.45) is 0. The first-order valence-corrected chi connectivity index (χ1v) is 20.9. The van der Waals surface area contributed by atoms with Crippen LogP contribution in [-0.2, 0) is 0 Å². The van der Waals surface area contributed by atoms with E-state index in [1.54, 1.807) is 6.07 Å². The third-order valence-electron chi connectivity index (χ3n) is 12.8. The quantitative estimate of drug-likeness (QED) is 0.163. The van der Waals surface area contributed by atoms with Crippen molar-refractivity contribution in [1.29, 1.82) is 0 Å². The van der Waals surface area contributed by atoms with Gasteiger partial charge < -0.3 is 13.7 Å². The Morgan fingerprint density at radius 2 is 0.742 bits per heavy atom. The van der Waals surface area contributed by atoms with E-state index in [2.05, 4.69) is 147 Å². The fourth-order valence-corrected chi connectivity index (χ4v) is 10.1. The van der Waals surface area contributed by atoms with Gasteiger partial charge in [-0.25, -0.2) is 4.90 Å². The Balaban J connectivity index is 1.06. The Hall–Kier alpha value is -8.48. The lowest BCUT2D eigenvalue weighted by atomic mass is 10.0. The first-order chi connectivity index (χ1) is 30.6. The number of imide groups is 1. The average Bonchev–Trinajstić information content (AvgIpc) is 4.03. The van der Waals surface area contributed by atoms with Crippen molar-refractivity contribution in [2.75, 3.05) is 4.90 Å². The molecular formula is C56H34N4O2. The second kappa shape index (κ2) is 13.0. The molecule has 0 unspecified atom stereocenters. The molecule has 1 aliphatic rings. The van der Waals surface area contributed by atoms with Crippen molar-refractivity contribution in [2.24, 2.45) is 0 Å². The highest BCUT2D eigenvalue weighted by molar-refractivity contribution is 6.36. The number of carbonyl (C=O) groups excluding carboxylic acids is 2. The van der Waals surface area contributed by atoms with E-state index in [-0.39, 0.29) is 11.8 Å². The van der Waals surface area contributed by atoms with Crippen LogP contribution in [-0.4, -0.2) is 25.5 Å². The van der Waals surface area contributed by atoms with E-state index in [0.29, 0.717) is 22.5 Å². The number of aromatic nitrogens is 3. The molecule has 6 nitrogen and oxygen atoms in total. The fourth-order valence-electron chi connectivity index (χ4n) is 10.1. The van der Waals surface area contributed by atoms with Gasteiger partial charge in [-0.3, -0.25) is 9.59 Å². The summed E-state index contributed by atoms with van der Waals surface area (Å²) in [5, 5.41) is 6.84. The monoisotopic (exact) mass is 794 g/mol. The lowest BCUT2D eigenvalue weighted by molar-refractivity contribution is 0.0926. The maximum atomic E-state index is 14.8. The standard InChI is InChI=1S/C56H34N4O2/c61-55-44-22-13-27-53(54(44)56(62)59(55)37-17-12-16-36(32-37)35-14-2-1-3-15-35)60-51-30-28-38(57-47-23-8-4-18-40(47)41-19-5-9-24-48(41)57)33-45(51)46-34-39(29-31-52(46)60)58-49-25-10-6-20-42(49)43-21-7-11-26-50(43)58/h1-34H. The van der Waals surface area contributed by atoms with Crippen LogP contribution in [0.25, 0.3) is 93.6 Å². The summed E-state index contributed by atoms with van der Waals surface area (Å²) in [6.45, 7) is 0. The average molecular weight is 795 g/mol. The number of benzene rings is 9. The molecule has 0 saturated carbocycles. The van der Waals surface area contributed by atoms with Crippen molar-refractivity contribution >= 4 is 82.9 Å². The number of carbonyl (C=O) groups is 2. The first kappa shape index (κ1) is 34.4. The number of anilines is 1. The van der Waals surface area contributed by atoms with Crippen LogP contribution in [0.15, 0.2) is 206 Å². The van der Waals surface area contributed by atoms with Crippen LogP contribution in [0, 0.1) is 0 Å². The van der Waals surface area contributed by atoms with Crippen LogP contribution in [0.1, 0.15) is 20.7 Å². The normalized spacial score (nSPS) is 12.9. The van der Waals surface area contributed by atoms with Crippen LogP contribution in [0.2, 0.25) is 0 Å². The number of hydrogen-bond donors (Lipinski definition) is 0. The SMILES string of the molecule is O=C1c2cccc(-n3c4ccc(-n5c6ccccc6c6ccccc65)cc4c4cc(-n5c6ccccc6c6ccccc65)ccc43)c2C(=O)N1c1cccc(-c2ccccc2)c1. The number of rotatable bonds is 5. The Kier molecular flexibility index (Phi) is 7.22. The van der Waals surface area contributed by atoms with E-state index in [1.165, 1.54) is 26.4 Å². The summed E-state index contributed by atoms with van der Waals surface area (Å²) >= 11 is 0. The van der Waals surface area contributed by atoms with Gasteiger partial charge in [-0.05, 0) is 96.1 Å². The molecule has 9 aromatic carbocycles. The van der Waals surface area contributed by atoms with E-state index < -0.39 is 0 Å². The lowest BCUT2D eigenvalue weighted by Gasteiger charge is -2.16. The molecule has 13 rings (SSSR count). The molecule has 2 amide bonds. The molecule has 0 radical (unpaired) electrons. The molecule has 0 bridgehead atoms. The molecule has 3 aromatic heterocycles. The highest BCUT2D eigenvalue weighted by Crippen LogP contribution is 2.42. The second-order valence-electron chi connectivity index (χ2n) is 16.0. The molecule has 0 spiro atoms. The molecule has 6 heteroatoms. The summed E-state index contributed by atoms with van der Waals surface area (Å²) in [6, 6.07) is 70.7. The fraction of sp³-hybridized carbons (Fsp3) is 0. The Labute approximate surface area is 355 Å². The molecule has 4 heterocycles. The van der Waals surface area contributed by atoms with Gasteiger partial charge in [-0.15, -0.1) is 0 Å². The van der Waals surface area contributed by atoms with Crippen LogP contribution < -0.4 is 4.90 Å². The van der Waals surface area contributed by atoms with Crippen molar-refractivity contribution in [3.63, 3.8) is 0 Å². The van der Waals surface area contributed by atoms with Crippen LogP contribution in [0.3, 0.4) is 0 Å². The molecule has 0 fully saturated rings. The van der Waals surface area contributed by atoms with Crippen LogP contribution in [0.4, 0.5) is 5.69 Å². The second-order valence-corrected chi connectivity index (χ2v) is 16.0. The largest absolute Gasteiger partial charge is 0.309 e. The van der Waals surface area contributed by atoms with E-state index in [1.807, 2.05) is 66.7 Å². The predicted octanol–water partition coefficient (Wildman–Crippen LogP) is 13.4. The minimum atomic E-state index is -0.343. The number of nitrogens with zero attached hydrogens (tertiary/aromatic N) is 4. The zero-order valence-electron chi connectivity index (χ0n) is 33.2. The van der Waals surface area contributed by atoms with Gasteiger partial charge in [-0.1, -0.05) is 121 Å². The summed E-state index contributed by atoms with van der Waals surface area (Å²) in [4.78, 5) is 30.5. The van der Waals surface area contributed by atoms with Gasteiger partial charge in [0.05, 0.1) is 55.6 Å². The zero-order chi connectivity index (χ0) is 41.1. The topological polar surface area (TPSA) is 52.2 Å². The summed E-state index contributed by atoms with van der Waals surface area (Å²) in [5.41, 5.74) is 12.4. The van der Waals surface area contributed by atoms with Crippen molar-refractivity contribution < 1.29 is 9.59 Å². The van der Waals surface area contributed by atoms with Gasteiger partial charge in [-0.2, -0.15) is 0 Å². The third-order valence-corrected chi connectivity index (χ3v) is 12.8. The Morgan fingerprint density at radius 1 is 0.290 bits per heavy atom. The molecule has 62 heavy (non-hydrogen) atoms. The van der Waals surface area contributed by atoms with Gasteiger partial charge in [0.15, 0.2) is 0 Å². The smallest absolute Gasteiger partial charge is 0.268 e. The van der Waals surface area contributed by atoms with Gasteiger partial charge in [0, 0.05) is 43.7 Å². The van der Waals surface area contributed by atoms with Crippen molar-refractivity contribution in [3.8, 4) is 28.2 Å². The highest BCUT2D eigenvalue weighted by atomic mass is 16.2. The maximum absolute atomic E-state index is 14.8. The van der Waals surface area contributed by atoms with Crippen LogP contribution in [0.5, 0.6) is 0 Å². The summed E-state index contributed by atoms with van der Waals surface area (Å²) < 4.78 is 6.85. The summed E-state index contributed by atoms with van der Waals surface area (Å²) in [7, 11) is 0. The molecule has 0 atom stereocenters. The lowest BCUT2D eigenvalue weighted by Crippen LogP contribution is -2.29. The van der Waals surface area contributed by atoms with Crippen molar-refractivity contribution in [3.05, 3.63) is 217 Å². The number of hydrogen-bond acceptors (Lipinski definition) is 2. The molecular weight excluding hydrogens is 761 g/mol. The number of amides is 2. The van der Waals surface area contributed by atoms with Gasteiger partial charge in [0.25, 0.3) is 11.8 Å².